The van der Waals surface area contributed by atoms with Crippen LogP contribution < -0.4 is 4.74 Å². The molecule has 0 amide bonds. The van der Waals surface area contributed by atoms with Crippen LogP contribution in [0.2, 0.25) is 0 Å². The number of sulfonamides is 1. The lowest BCUT2D eigenvalue weighted by molar-refractivity contribution is 0.0472. The van der Waals surface area contributed by atoms with Gasteiger partial charge in [-0.2, -0.15) is 4.31 Å². The number of esters is 1. The van der Waals surface area contributed by atoms with Gasteiger partial charge in [-0.25, -0.2) is 17.6 Å². The number of carbonyl (C=O) groups excluding carboxylic acids is 1. The summed E-state index contributed by atoms with van der Waals surface area (Å²) in [6, 6.07) is 18.8. The maximum Gasteiger partial charge on any atom is 0.338 e. The molecule has 0 radical (unpaired) electrons. The van der Waals surface area contributed by atoms with E-state index < -0.39 is 16.0 Å². The maximum atomic E-state index is 13.2. The first kappa shape index (κ1) is 22.5. The molecule has 0 atom stereocenters. The van der Waals surface area contributed by atoms with Crippen molar-refractivity contribution in [3.63, 3.8) is 0 Å². The van der Waals surface area contributed by atoms with Crippen LogP contribution in [0, 0.1) is 5.82 Å². The Balaban J connectivity index is 1.81. The minimum atomic E-state index is -3.95. The molecule has 31 heavy (non-hydrogen) atoms. The number of nitrogens with zero attached hydrogens (tertiary/aromatic N) is 1. The molecule has 0 saturated carbocycles. The summed E-state index contributed by atoms with van der Waals surface area (Å²) in [7, 11) is -1.13. The highest BCUT2D eigenvalue weighted by molar-refractivity contribution is 7.89. The Morgan fingerprint density at radius 3 is 2.29 bits per heavy atom. The number of hydrogen-bond acceptors (Lipinski definition) is 5. The summed E-state index contributed by atoms with van der Waals surface area (Å²) in [6.45, 7) is 0.0900. The second-order valence-electron chi connectivity index (χ2n) is 6.81. The van der Waals surface area contributed by atoms with Crippen LogP contribution in [-0.2, 0) is 27.9 Å². The van der Waals surface area contributed by atoms with E-state index in [-0.39, 0.29) is 35.2 Å². The Kier molecular flexibility index (Phi) is 7.04. The molecule has 3 aromatic carbocycles. The molecule has 8 heteroatoms. The smallest absolute Gasteiger partial charge is 0.338 e. The van der Waals surface area contributed by atoms with Crippen LogP contribution in [0.15, 0.2) is 77.7 Å². The highest BCUT2D eigenvalue weighted by Crippen LogP contribution is 2.28. The van der Waals surface area contributed by atoms with Crippen molar-refractivity contribution in [1.82, 2.24) is 4.31 Å². The summed E-state index contributed by atoms with van der Waals surface area (Å²) in [5, 5.41) is 0. The maximum absolute atomic E-state index is 13.2. The first-order valence-corrected chi connectivity index (χ1v) is 10.8. The summed E-state index contributed by atoms with van der Waals surface area (Å²) >= 11 is 0. The van der Waals surface area contributed by atoms with E-state index in [1.807, 2.05) is 30.3 Å². The molecule has 0 aliphatic rings. The molecule has 0 bridgehead atoms. The van der Waals surface area contributed by atoms with Crippen molar-refractivity contribution >= 4 is 16.0 Å². The fraction of sp³-hybridized carbons (Fsp3) is 0.174. The van der Waals surface area contributed by atoms with Crippen molar-refractivity contribution in [3.05, 3.63) is 95.3 Å². The highest BCUT2D eigenvalue weighted by Gasteiger charge is 2.26. The molecule has 6 nitrogen and oxygen atoms in total. The number of ether oxygens (including phenoxy) is 2. The van der Waals surface area contributed by atoms with Crippen molar-refractivity contribution in [3.8, 4) is 5.75 Å². The summed E-state index contributed by atoms with van der Waals surface area (Å²) in [6.07, 6.45) is 0. The Bertz CT molecular complexity index is 1150. The van der Waals surface area contributed by atoms with Gasteiger partial charge in [-0.3, -0.25) is 0 Å². The average Bonchev–Trinajstić information content (AvgIpc) is 2.78. The zero-order valence-electron chi connectivity index (χ0n) is 17.1. The summed E-state index contributed by atoms with van der Waals surface area (Å²) in [4.78, 5) is 12.3. The minimum absolute atomic E-state index is 0.0644. The Morgan fingerprint density at radius 2 is 1.65 bits per heavy atom. The molecule has 0 saturated heterocycles. The van der Waals surface area contributed by atoms with Crippen LogP contribution in [0.3, 0.4) is 0 Å². The van der Waals surface area contributed by atoms with E-state index in [4.69, 9.17) is 9.47 Å². The molecular weight excluding hydrogens is 421 g/mol. The molecule has 0 aliphatic heterocycles. The van der Waals surface area contributed by atoms with E-state index in [1.165, 1.54) is 60.9 Å². The monoisotopic (exact) mass is 443 g/mol. The van der Waals surface area contributed by atoms with Gasteiger partial charge in [-0.05, 0) is 41.5 Å². The summed E-state index contributed by atoms with van der Waals surface area (Å²) < 4.78 is 51.0. The quantitative estimate of drug-likeness (QED) is 0.492. The minimum Gasteiger partial charge on any atom is -0.495 e. The standard InChI is InChI=1S/C23H22FNO5S/c1-25(15-17-6-4-3-5-7-17)31(27,28)22-14-19(10-13-21(22)29-2)23(26)30-16-18-8-11-20(24)12-9-18/h3-14H,15-16H2,1-2H3. The summed E-state index contributed by atoms with van der Waals surface area (Å²) in [5.74, 6) is -0.969. The Labute approximate surface area is 180 Å². The number of carbonyl (C=O) groups is 1. The molecule has 0 heterocycles. The van der Waals surface area contributed by atoms with Crippen molar-refractivity contribution in [2.24, 2.45) is 0 Å². The van der Waals surface area contributed by atoms with Crippen LogP contribution in [0.25, 0.3) is 0 Å². The molecule has 0 spiro atoms. The van der Waals surface area contributed by atoms with Crippen molar-refractivity contribution < 1.29 is 27.1 Å². The third kappa shape index (κ3) is 5.48. The zero-order chi connectivity index (χ0) is 22.4. The van der Waals surface area contributed by atoms with Gasteiger partial charge in [0.25, 0.3) is 0 Å². The van der Waals surface area contributed by atoms with E-state index in [1.54, 1.807) is 0 Å². The lowest BCUT2D eigenvalue weighted by atomic mass is 10.2. The molecule has 3 rings (SSSR count). The largest absolute Gasteiger partial charge is 0.495 e. The molecule has 0 unspecified atom stereocenters. The number of rotatable bonds is 8. The predicted octanol–water partition coefficient (Wildman–Crippen LogP) is 4.01. The van der Waals surface area contributed by atoms with Gasteiger partial charge in [0.05, 0.1) is 12.7 Å². The first-order chi connectivity index (χ1) is 14.8. The third-order valence-electron chi connectivity index (χ3n) is 4.62. The molecule has 3 aromatic rings. The van der Waals surface area contributed by atoms with E-state index in [0.717, 1.165) is 5.56 Å². The van der Waals surface area contributed by atoms with E-state index >= 15 is 0 Å². The highest BCUT2D eigenvalue weighted by atomic mass is 32.2. The number of hydrogen-bond donors (Lipinski definition) is 0. The number of benzene rings is 3. The second-order valence-corrected chi connectivity index (χ2v) is 8.83. The molecule has 0 N–H and O–H groups in total. The van der Waals surface area contributed by atoms with Gasteiger partial charge < -0.3 is 9.47 Å². The number of methoxy groups -OCH3 is 1. The molecule has 162 valence electrons. The van der Waals surface area contributed by atoms with Crippen LogP contribution in [-0.4, -0.2) is 32.8 Å². The topological polar surface area (TPSA) is 72.9 Å². The number of halogens is 1. The Morgan fingerprint density at radius 1 is 0.968 bits per heavy atom. The van der Waals surface area contributed by atoms with Gasteiger partial charge in [-0.1, -0.05) is 42.5 Å². The van der Waals surface area contributed by atoms with Gasteiger partial charge in [0.2, 0.25) is 10.0 Å². The van der Waals surface area contributed by atoms with Crippen LogP contribution in [0.1, 0.15) is 21.5 Å². The van der Waals surface area contributed by atoms with Gasteiger partial charge >= 0.3 is 5.97 Å². The Hall–Kier alpha value is -3.23. The fourth-order valence-electron chi connectivity index (χ4n) is 2.91. The lowest BCUT2D eigenvalue weighted by Gasteiger charge is -2.19. The average molecular weight is 443 g/mol. The summed E-state index contributed by atoms with van der Waals surface area (Å²) in [5.41, 5.74) is 1.50. The van der Waals surface area contributed by atoms with E-state index in [9.17, 15) is 17.6 Å². The normalized spacial score (nSPS) is 11.4. The second kappa shape index (κ2) is 9.72. The molecule has 0 aliphatic carbocycles. The van der Waals surface area contributed by atoms with Gasteiger partial charge in [-0.15, -0.1) is 0 Å². The fourth-order valence-corrected chi connectivity index (χ4v) is 4.25. The zero-order valence-corrected chi connectivity index (χ0v) is 17.9. The third-order valence-corrected chi connectivity index (χ3v) is 6.44. The van der Waals surface area contributed by atoms with Crippen LogP contribution in [0.4, 0.5) is 4.39 Å². The van der Waals surface area contributed by atoms with Crippen LogP contribution >= 0.6 is 0 Å². The molecular formula is C23H22FNO5S. The van der Waals surface area contributed by atoms with Crippen molar-refractivity contribution in [2.75, 3.05) is 14.2 Å². The molecule has 0 aromatic heterocycles. The van der Waals surface area contributed by atoms with E-state index in [0.29, 0.717) is 5.56 Å². The van der Waals surface area contributed by atoms with E-state index in [2.05, 4.69) is 0 Å². The molecule has 0 fully saturated rings. The van der Waals surface area contributed by atoms with Gasteiger partial charge in [0.15, 0.2) is 0 Å². The SMILES string of the molecule is COc1ccc(C(=O)OCc2ccc(F)cc2)cc1S(=O)(=O)N(C)Cc1ccccc1. The van der Waals surface area contributed by atoms with Crippen molar-refractivity contribution in [1.29, 1.82) is 0 Å². The van der Waals surface area contributed by atoms with Gasteiger partial charge in [0.1, 0.15) is 23.1 Å². The predicted molar refractivity (Wildman–Crippen MR) is 114 cm³/mol. The first-order valence-electron chi connectivity index (χ1n) is 9.41. The van der Waals surface area contributed by atoms with Gasteiger partial charge in [0, 0.05) is 13.6 Å². The van der Waals surface area contributed by atoms with Crippen molar-refractivity contribution in [2.45, 2.75) is 18.0 Å². The lowest BCUT2D eigenvalue weighted by Crippen LogP contribution is -2.27. The van der Waals surface area contributed by atoms with Crippen LogP contribution in [0.5, 0.6) is 5.75 Å².